The van der Waals surface area contributed by atoms with Gasteiger partial charge in [0.05, 0.1) is 12.2 Å². The number of anilines is 1. The second-order valence-electron chi connectivity index (χ2n) is 5.04. The summed E-state index contributed by atoms with van der Waals surface area (Å²) in [4.78, 5) is 36.6. The summed E-state index contributed by atoms with van der Waals surface area (Å²) in [6.07, 6.45) is 1.11. The van der Waals surface area contributed by atoms with Gasteiger partial charge in [-0.2, -0.15) is 0 Å². The maximum atomic E-state index is 11.8. The highest BCUT2D eigenvalue weighted by Crippen LogP contribution is 2.16. The van der Waals surface area contributed by atoms with Crippen molar-refractivity contribution < 1.29 is 19.1 Å². The predicted molar refractivity (Wildman–Crippen MR) is 88.3 cm³/mol. The lowest BCUT2D eigenvalue weighted by Gasteiger charge is -2.21. The van der Waals surface area contributed by atoms with Gasteiger partial charge in [0.1, 0.15) is 0 Å². The van der Waals surface area contributed by atoms with Crippen molar-refractivity contribution in [2.45, 2.75) is 33.6 Å². The summed E-state index contributed by atoms with van der Waals surface area (Å²) < 4.78 is 4.92. The molecule has 1 aromatic carbocycles. The Bertz CT molecular complexity index is 540. The van der Waals surface area contributed by atoms with Gasteiger partial charge in [0.2, 0.25) is 11.8 Å². The molecule has 0 aliphatic heterocycles. The molecule has 1 N–H and O–H groups in total. The molecule has 0 radical (unpaired) electrons. The number of carbonyl (C=O) groups is 3. The molecule has 0 heterocycles. The summed E-state index contributed by atoms with van der Waals surface area (Å²) in [5.41, 5.74) is 1.08. The molecule has 0 saturated heterocycles. The first kappa shape index (κ1) is 18.7. The predicted octanol–water partition coefficient (Wildman–Crippen LogP) is 2.13. The molecule has 0 aliphatic carbocycles. The Kier molecular flexibility index (Phi) is 7.80. The molecule has 0 bridgehead atoms. The third-order valence-corrected chi connectivity index (χ3v) is 3.20. The lowest BCUT2D eigenvalue weighted by molar-refractivity contribution is -0.121. The van der Waals surface area contributed by atoms with Gasteiger partial charge in [0.15, 0.2) is 0 Å². The van der Waals surface area contributed by atoms with Crippen molar-refractivity contribution in [2.75, 3.05) is 24.6 Å². The first-order valence-electron chi connectivity index (χ1n) is 7.81. The first-order chi connectivity index (χ1) is 11.0. The van der Waals surface area contributed by atoms with Crippen molar-refractivity contribution >= 4 is 23.5 Å². The van der Waals surface area contributed by atoms with Gasteiger partial charge >= 0.3 is 5.97 Å². The van der Waals surface area contributed by atoms with Gasteiger partial charge in [0.25, 0.3) is 0 Å². The minimum absolute atomic E-state index is 0.0822. The van der Waals surface area contributed by atoms with Crippen molar-refractivity contribution in [1.29, 1.82) is 0 Å². The van der Waals surface area contributed by atoms with E-state index in [0.29, 0.717) is 30.9 Å². The second kappa shape index (κ2) is 9.61. The third-order valence-electron chi connectivity index (χ3n) is 3.20. The van der Waals surface area contributed by atoms with E-state index in [0.717, 1.165) is 6.42 Å². The van der Waals surface area contributed by atoms with Crippen LogP contribution in [-0.2, 0) is 14.3 Å². The van der Waals surface area contributed by atoms with Crippen molar-refractivity contribution in [3.8, 4) is 0 Å². The molecule has 1 aromatic rings. The molecule has 0 aromatic heterocycles. The number of hydrogen-bond donors (Lipinski definition) is 1. The van der Waals surface area contributed by atoms with Gasteiger partial charge in [-0.1, -0.05) is 6.92 Å². The number of carbonyl (C=O) groups excluding carboxylic acids is 3. The van der Waals surface area contributed by atoms with E-state index in [1.54, 1.807) is 31.2 Å². The third kappa shape index (κ3) is 6.10. The zero-order valence-corrected chi connectivity index (χ0v) is 13.9. The van der Waals surface area contributed by atoms with Crippen LogP contribution in [0.3, 0.4) is 0 Å². The topological polar surface area (TPSA) is 75.7 Å². The van der Waals surface area contributed by atoms with Crippen molar-refractivity contribution in [3.63, 3.8) is 0 Å². The average molecular weight is 320 g/mol. The second-order valence-corrected chi connectivity index (χ2v) is 5.04. The van der Waals surface area contributed by atoms with Crippen LogP contribution in [0.25, 0.3) is 0 Å². The molecule has 0 fully saturated rings. The Balaban J connectivity index is 2.72. The molecule has 0 atom stereocenters. The van der Waals surface area contributed by atoms with E-state index in [9.17, 15) is 14.4 Å². The van der Waals surface area contributed by atoms with Gasteiger partial charge in [-0.25, -0.2) is 4.79 Å². The Morgan fingerprint density at radius 1 is 1.13 bits per heavy atom. The first-order valence-corrected chi connectivity index (χ1v) is 7.81. The molecule has 23 heavy (non-hydrogen) atoms. The van der Waals surface area contributed by atoms with E-state index in [2.05, 4.69) is 5.32 Å². The standard InChI is InChI=1S/C17H24N2O4/c1-4-11-18-16(21)10-12-19(13(3)20)15-8-6-14(7-9-15)17(22)23-5-2/h6-9H,4-5,10-12H2,1-3H3,(H,18,21). The molecule has 0 spiro atoms. The lowest BCUT2D eigenvalue weighted by atomic mass is 10.2. The molecule has 0 unspecified atom stereocenters. The fourth-order valence-electron chi connectivity index (χ4n) is 2.03. The number of ether oxygens (including phenoxy) is 1. The summed E-state index contributed by atoms with van der Waals surface area (Å²) in [6.45, 7) is 6.41. The van der Waals surface area contributed by atoms with E-state index in [1.807, 2.05) is 6.92 Å². The highest BCUT2D eigenvalue weighted by atomic mass is 16.5. The number of rotatable bonds is 8. The summed E-state index contributed by atoms with van der Waals surface area (Å²) in [6, 6.07) is 6.58. The largest absolute Gasteiger partial charge is 0.462 e. The van der Waals surface area contributed by atoms with Crippen molar-refractivity contribution in [3.05, 3.63) is 29.8 Å². The number of nitrogens with zero attached hydrogens (tertiary/aromatic N) is 1. The summed E-state index contributed by atoms with van der Waals surface area (Å²) in [5, 5.41) is 2.78. The molecule has 2 amide bonds. The molecule has 126 valence electrons. The normalized spacial score (nSPS) is 10.0. The monoisotopic (exact) mass is 320 g/mol. The molecule has 6 heteroatoms. The summed E-state index contributed by atoms with van der Waals surface area (Å²) in [7, 11) is 0. The van der Waals surface area contributed by atoms with Crippen LogP contribution in [0.2, 0.25) is 0 Å². The molecular weight excluding hydrogens is 296 g/mol. The van der Waals surface area contributed by atoms with Crippen LogP contribution in [0.4, 0.5) is 5.69 Å². The smallest absolute Gasteiger partial charge is 0.338 e. The zero-order chi connectivity index (χ0) is 17.2. The molecule has 6 nitrogen and oxygen atoms in total. The van der Waals surface area contributed by atoms with Crippen LogP contribution < -0.4 is 10.2 Å². The van der Waals surface area contributed by atoms with Crippen molar-refractivity contribution in [2.24, 2.45) is 0 Å². The van der Waals surface area contributed by atoms with E-state index >= 15 is 0 Å². The van der Waals surface area contributed by atoms with Gasteiger partial charge < -0.3 is 15.0 Å². The number of benzene rings is 1. The number of amides is 2. The zero-order valence-electron chi connectivity index (χ0n) is 13.9. The van der Waals surface area contributed by atoms with E-state index in [1.165, 1.54) is 11.8 Å². The highest BCUT2D eigenvalue weighted by molar-refractivity contribution is 5.94. The van der Waals surface area contributed by atoms with Crippen molar-refractivity contribution in [1.82, 2.24) is 5.32 Å². The maximum absolute atomic E-state index is 11.8. The minimum Gasteiger partial charge on any atom is -0.462 e. The molecule has 0 saturated carbocycles. The Labute approximate surface area is 136 Å². The fraction of sp³-hybridized carbons (Fsp3) is 0.471. The van der Waals surface area contributed by atoms with Gasteiger partial charge in [0, 0.05) is 32.1 Å². The van der Waals surface area contributed by atoms with Gasteiger partial charge in [-0.05, 0) is 37.6 Å². The highest BCUT2D eigenvalue weighted by Gasteiger charge is 2.14. The van der Waals surface area contributed by atoms with Gasteiger partial charge in [-0.3, -0.25) is 9.59 Å². The molecular formula is C17H24N2O4. The maximum Gasteiger partial charge on any atom is 0.338 e. The summed E-state index contributed by atoms with van der Waals surface area (Å²) >= 11 is 0. The average Bonchev–Trinajstić information content (AvgIpc) is 2.53. The summed E-state index contributed by atoms with van der Waals surface area (Å²) in [5.74, 6) is -0.634. The van der Waals surface area contributed by atoms with Crippen LogP contribution in [0.5, 0.6) is 0 Å². The SMILES string of the molecule is CCCNC(=O)CCN(C(C)=O)c1ccc(C(=O)OCC)cc1. The lowest BCUT2D eigenvalue weighted by Crippen LogP contribution is -2.34. The minimum atomic E-state index is -0.396. The van der Waals surface area contributed by atoms with Crippen LogP contribution >= 0.6 is 0 Å². The Hall–Kier alpha value is -2.37. The van der Waals surface area contributed by atoms with E-state index in [4.69, 9.17) is 4.74 Å². The van der Waals surface area contributed by atoms with Crippen LogP contribution in [-0.4, -0.2) is 37.5 Å². The Morgan fingerprint density at radius 2 is 1.78 bits per heavy atom. The van der Waals surface area contributed by atoms with Crippen LogP contribution in [0, 0.1) is 0 Å². The Morgan fingerprint density at radius 3 is 2.30 bits per heavy atom. The molecule has 1 rings (SSSR count). The van der Waals surface area contributed by atoms with Crippen LogP contribution in [0.15, 0.2) is 24.3 Å². The van der Waals surface area contributed by atoms with E-state index < -0.39 is 5.97 Å². The quantitative estimate of drug-likeness (QED) is 0.745. The number of hydrogen-bond acceptors (Lipinski definition) is 4. The van der Waals surface area contributed by atoms with E-state index in [-0.39, 0.29) is 18.2 Å². The fourth-order valence-corrected chi connectivity index (χ4v) is 2.03. The van der Waals surface area contributed by atoms with Gasteiger partial charge in [-0.15, -0.1) is 0 Å². The number of nitrogens with one attached hydrogen (secondary N) is 1. The number of esters is 1. The van der Waals surface area contributed by atoms with Crippen LogP contribution in [0.1, 0.15) is 44.0 Å². The molecule has 0 aliphatic rings.